The maximum atomic E-state index is 9.47. The van der Waals surface area contributed by atoms with Crippen LogP contribution in [-0.2, 0) is 36.3 Å². The quantitative estimate of drug-likeness (QED) is 0.811. The van der Waals surface area contributed by atoms with Crippen LogP contribution >= 0.6 is 11.3 Å². The second-order valence-corrected chi connectivity index (χ2v) is 10.4. The molecule has 0 bridgehead atoms. The van der Waals surface area contributed by atoms with E-state index in [9.17, 15) is 5.11 Å². The van der Waals surface area contributed by atoms with Crippen LogP contribution < -0.4 is 0 Å². The van der Waals surface area contributed by atoms with Crippen molar-refractivity contribution in [3.8, 4) is 0 Å². The molecule has 5 rings (SSSR count). The predicted octanol–water partition coefficient (Wildman–Crippen LogP) is 3.13. The molecule has 2 aromatic rings. The Labute approximate surface area is 176 Å². The number of ether oxygens (including phenoxy) is 1. The molecule has 1 spiro atoms. The number of piperidine rings is 1. The van der Waals surface area contributed by atoms with Gasteiger partial charge in [-0.15, -0.1) is 16.4 Å². The molecule has 1 N–H and O–H groups in total. The Balaban J connectivity index is 1.23. The van der Waals surface area contributed by atoms with Gasteiger partial charge in [-0.25, -0.2) is 0 Å². The van der Waals surface area contributed by atoms with Crippen LogP contribution in [0.25, 0.3) is 0 Å². The number of fused-ring (bicyclic) bond motifs is 2. The molecule has 0 unspecified atom stereocenters. The number of aryl methyl sites for hydroxylation is 1. The van der Waals surface area contributed by atoms with Crippen molar-refractivity contribution >= 4 is 11.3 Å². The lowest BCUT2D eigenvalue weighted by molar-refractivity contribution is -0.112. The van der Waals surface area contributed by atoms with Crippen LogP contribution in [0.2, 0.25) is 0 Å². The van der Waals surface area contributed by atoms with Crippen molar-refractivity contribution < 1.29 is 9.84 Å². The third-order valence-electron chi connectivity index (χ3n) is 7.07. The summed E-state index contributed by atoms with van der Waals surface area (Å²) in [5, 5.41) is 18.2. The van der Waals surface area contributed by atoms with Crippen LogP contribution in [0.3, 0.4) is 0 Å². The number of nitrogens with zero attached hydrogens (tertiary/aromatic N) is 4. The van der Waals surface area contributed by atoms with Gasteiger partial charge in [0.1, 0.15) is 0 Å². The zero-order valence-corrected chi connectivity index (χ0v) is 18.3. The summed E-state index contributed by atoms with van der Waals surface area (Å²) in [6.07, 6.45) is 8.06. The maximum absolute atomic E-state index is 9.47. The summed E-state index contributed by atoms with van der Waals surface area (Å²) in [4.78, 5) is 5.57. The molecule has 1 saturated heterocycles. The molecular formula is C22H32N4O2S. The Morgan fingerprint density at radius 1 is 1.38 bits per heavy atom. The van der Waals surface area contributed by atoms with E-state index in [1.54, 1.807) is 4.88 Å². The highest BCUT2D eigenvalue weighted by Gasteiger charge is 2.44. The molecule has 158 valence electrons. The summed E-state index contributed by atoms with van der Waals surface area (Å²) < 4.78 is 8.42. The maximum Gasteiger partial charge on any atom is 0.0969 e. The molecule has 3 aliphatic rings. The highest BCUT2D eigenvalue weighted by atomic mass is 32.1. The second-order valence-electron chi connectivity index (χ2n) is 9.19. The molecule has 1 saturated carbocycles. The van der Waals surface area contributed by atoms with E-state index >= 15 is 0 Å². The monoisotopic (exact) mass is 416 g/mol. The Hall–Kier alpha value is -1.28. The minimum absolute atomic E-state index is 0.0872. The average Bonchev–Trinajstić information content (AvgIpc) is 3.30. The summed E-state index contributed by atoms with van der Waals surface area (Å²) in [5.74, 6) is 0.546. The molecule has 0 radical (unpaired) electrons. The number of aliphatic hydroxyl groups excluding tert-OH is 1. The summed E-state index contributed by atoms with van der Waals surface area (Å²) in [6.45, 7) is 8.17. The van der Waals surface area contributed by atoms with Crippen LogP contribution in [0.1, 0.15) is 60.5 Å². The standard InChI is InChI=1S/C22H32N4O2S/c1-3-19-10-20-21(29-19)4-7-28-22(20)5-6-25(15(2)11-22)13-17-14-26(24-23-17)12-16-8-18(27)9-16/h10,14-16,18,27H,3-9,11-13H2,1-2H3/t15-,16-,18+,22+/m0/s1. The van der Waals surface area contributed by atoms with E-state index in [4.69, 9.17) is 4.74 Å². The van der Waals surface area contributed by atoms with Crippen molar-refractivity contribution in [2.24, 2.45) is 5.92 Å². The lowest BCUT2D eigenvalue weighted by atomic mass is 9.79. The van der Waals surface area contributed by atoms with E-state index in [0.29, 0.717) is 12.0 Å². The van der Waals surface area contributed by atoms with Crippen molar-refractivity contribution in [3.05, 3.63) is 33.3 Å². The molecule has 2 aromatic heterocycles. The number of thiophene rings is 1. The first kappa shape index (κ1) is 19.7. The zero-order valence-electron chi connectivity index (χ0n) is 17.5. The normalized spacial score (nSPS) is 32.3. The molecule has 2 aliphatic heterocycles. The van der Waals surface area contributed by atoms with Crippen LogP contribution in [0, 0.1) is 5.92 Å². The van der Waals surface area contributed by atoms with Gasteiger partial charge in [0.05, 0.1) is 24.0 Å². The Morgan fingerprint density at radius 2 is 2.24 bits per heavy atom. The highest BCUT2D eigenvalue weighted by molar-refractivity contribution is 7.12. The van der Waals surface area contributed by atoms with Gasteiger partial charge in [-0.3, -0.25) is 9.58 Å². The van der Waals surface area contributed by atoms with Crippen molar-refractivity contribution in [2.75, 3.05) is 13.2 Å². The van der Waals surface area contributed by atoms with E-state index in [-0.39, 0.29) is 11.7 Å². The van der Waals surface area contributed by atoms with E-state index in [0.717, 1.165) is 70.5 Å². The number of aromatic nitrogens is 3. The van der Waals surface area contributed by atoms with E-state index < -0.39 is 0 Å². The lowest BCUT2D eigenvalue weighted by Gasteiger charge is -2.47. The fraction of sp³-hybridized carbons (Fsp3) is 0.727. The van der Waals surface area contributed by atoms with Gasteiger partial charge >= 0.3 is 0 Å². The number of hydrogen-bond donors (Lipinski definition) is 1. The molecule has 0 aromatic carbocycles. The predicted molar refractivity (Wildman–Crippen MR) is 113 cm³/mol. The zero-order chi connectivity index (χ0) is 20.0. The summed E-state index contributed by atoms with van der Waals surface area (Å²) in [5.41, 5.74) is 2.43. The number of aliphatic hydroxyl groups is 1. The molecule has 6 nitrogen and oxygen atoms in total. The molecule has 1 aliphatic carbocycles. The van der Waals surface area contributed by atoms with E-state index in [2.05, 4.69) is 41.3 Å². The molecule has 2 atom stereocenters. The highest BCUT2D eigenvalue weighted by Crippen LogP contribution is 2.46. The van der Waals surface area contributed by atoms with Crippen LogP contribution in [0.5, 0.6) is 0 Å². The lowest BCUT2D eigenvalue weighted by Crippen LogP contribution is -2.50. The van der Waals surface area contributed by atoms with Gasteiger partial charge in [0.15, 0.2) is 0 Å². The van der Waals surface area contributed by atoms with E-state index in [1.807, 2.05) is 16.0 Å². The summed E-state index contributed by atoms with van der Waals surface area (Å²) in [7, 11) is 0. The van der Waals surface area contributed by atoms with E-state index in [1.165, 1.54) is 10.4 Å². The molecule has 4 heterocycles. The topological polar surface area (TPSA) is 63.4 Å². The Bertz CT molecular complexity index is 859. The van der Waals surface area contributed by atoms with Gasteiger partial charge in [0, 0.05) is 48.0 Å². The van der Waals surface area contributed by atoms with Gasteiger partial charge in [0.2, 0.25) is 0 Å². The summed E-state index contributed by atoms with van der Waals surface area (Å²) >= 11 is 1.99. The van der Waals surface area contributed by atoms with Crippen molar-refractivity contribution in [1.82, 2.24) is 19.9 Å². The first-order chi connectivity index (χ1) is 14.0. The van der Waals surface area contributed by atoms with Gasteiger partial charge in [-0.05, 0) is 56.6 Å². The minimum Gasteiger partial charge on any atom is -0.393 e. The first-order valence-corrected chi connectivity index (χ1v) is 11.9. The minimum atomic E-state index is -0.108. The van der Waals surface area contributed by atoms with Gasteiger partial charge in [-0.1, -0.05) is 12.1 Å². The fourth-order valence-electron chi connectivity index (χ4n) is 5.33. The third kappa shape index (κ3) is 3.78. The molecule has 7 heteroatoms. The van der Waals surface area contributed by atoms with Crippen LogP contribution in [0.4, 0.5) is 0 Å². The smallest absolute Gasteiger partial charge is 0.0969 e. The van der Waals surface area contributed by atoms with Gasteiger partial charge in [-0.2, -0.15) is 0 Å². The Morgan fingerprint density at radius 3 is 3.00 bits per heavy atom. The number of rotatable bonds is 5. The largest absolute Gasteiger partial charge is 0.393 e. The van der Waals surface area contributed by atoms with Crippen molar-refractivity contribution in [2.45, 2.75) is 83.2 Å². The summed E-state index contributed by atoms with van der Waals surface area (Å²) in [6, 6.07) is 2.87. The fourth-order valence-corrected chi connectivity index (χ4v) is 6.51. The molecule has 0 amide bonds. The number of hydrogen-bond acceptors (Lipinski definition) is 6. The van der Waals surface area contributed by atoms with Crippen molar-refractivity contribution in [1.29, 1.82) is 0 Å². The third-order valence-corrected chi connectivity index (χ3v) is 8.40. The van der Waals surface area contributed by atoms with Crippen LogP contribution in [0.15, 0.2) is 12.3 Å². The molecular weight excluding hydrogens is 384 g/mol. The second kappa shape index (κ2) is 7.76. The van der Waals surface area contributed by atoms with Gasteiger partial charge < -0.3 is 9.84 Å². The number of likely N-dealkylation sites (tertiary alicyclic amines) is 1. The van der Waals surface area contributed by atoms with Gasteiger partial charge in [0.25, 0.3) is 0 Å². The SMILES string of the molecule is CCc1cc2c(s1)CCO[C@@]21CCN(Cc2cn(C[C@H]3C[C@@H](O)C3)nn2)[C@@H](C)C1. The van der Waals surface area contributed by atoms with Crippen LogP contribution in [-0.4, -0.2) is 50.3 Å². The Kier molecular flexibility index (Phi) is 5.26. The first-order valence-electron chi connectivity index (χ1n) is 11.1. The molecule has 29 heavy (non-hydrogen) atoms. The molecule has 2 fully saturated rings. The average molecular weight is 417 g/mol. The van der Waals surface area contributed by atoms with Crippen molar-refractivity contribution in [3.63, 3.8) is 0 Å².